The second-order valence-electron chi connectivity index (χ2n) is 3.64. The quantitative estimate of drug-likeness (QED) is 0.838. The van der Waals surface area contributed by atoms with Gasteiger partial charge in [0.1, 0.15) is 5.75 Å². The summed E-state index contributed by atoms with van der Waals surface area (Å²) in [5.41, 5.74) is 0.101. The van der Waals surface area contributed by atoms with Gasteiger partial charge in [0.25, 0.3) is 10.0 Å². The Balaban J connectivity index is 2.33. The van der Waals surface area contributed by atoms with Crippen LogP contribution in [0.25, 0.3) is 0 Å². The zero-order valence-electron chi connectivity index (χ0n) is 9.33. The van der Waals surface area contributed by atoms with E-state index in [-0.39, 0.29) is 16.5 Å². The molecule has 0 aliphatic rings. The number of aryl methyl sites for hydroxylation is 1. The van der Waals surface area contributed by atoms with E-state index in [9.17, 15) is 13.5 Å². The molecule has 6 nitrogen and oxygen atoms in total. The summed E-state index contributed by atoms with van der Waals surface area (Å²) in [7, 11) is -2.12. The molecule has 0 atom stereocenters. The zero-order chi connectivity index (χ0) is 13.3. The van der Waals surface area contributed by atoms with Crippen molar-refractivity contribution in [3.05, 3.63) is 35.2 Å². The number of rotatable bonds is 3. The fraction of sp³-hybridized carbons (Fsp3) is 0.100. The van der Waals surface area contributed by atoms with E-state index >= 15 is 0 Å². The van der Waals surface area contributed by atoms with Gasteiger partial charge in [-0.15, -0.1) is 0 Å². The Bertz CT molecular complexity index is 681. The number of aromatic nitrogens is 2. The summed E-state index contributed by atoms with van der Waals surface area (Å²) >= 11 is 3.17. The van der Waals surface area contributed by atoms with Crippen molar-refractivity contribution < 1.29 is 13.5 Å². The molecule has 0 saturated carbocycles. The summed E-state index contributed by atoms with van der Waals surface area (Å²) in [4.78, 5) is 3.75. The van der Waals surface area contributed by atoms with Crippen LogP contribution in [-0.4, -0.2) is 23.1 Å². The summed E-state index contributed by atoms with van der Waals surface area (Å²) in [5, 5.41) is 9.52. The van der Waals surface area contributed by atoms with E-state index in [4.69, 9.17) is 0 Å². The smallest absolute Gasteiger partial charge is 0.281 e. The SMILES string of the molecule is Cn1cnc(S(=O)(=O)Nc2ccc(Br)cc2O)c1. The van der Waals surface area contributed by atoms with Gasteiger partial charge in [0.2, 0.25) is 0 Å². The first kappa shape index (κ1) is 12.9. The molecule has 1 heterocycles. The van der Waals surface area contributed by atoms with Crippen molar-refractivity contribution in [3.8, 4) is 5.75 Å². The summed E-state index contributed by atoms with van der Waals surface area (Å²) in [5.74, 6) is -0.163. The molecule has 1 aromatic heterocycles. The third-order valence-electron chi connectivity index (χ3n) is 2.16. The van der Waals surface area contributed by atoms with Crippen molar-refractivity contribution in [2.24, 2.45) is 7.05 Å². The Morgan fingerprint density at radius 1 is 1.44 bits per heavy atom. The van der Waals surface area contributed by atoms with Crippen LogP contribution in [0.2, 0.25) is 0 Å². The minimum absolute atomic E-state index is 0.101. The topological polar surface area (TPSA) is 84.2 Å². The Labute approximate surface area is 112 Å². The molecule has 0 aliphatic carbocycles. The van der Waals surface area contributed by atoms with Crippen molar-refractivity contribution in [2.45, 2.75) is 5.03 Å². The Morgan fingerprint density at radius 3 is 2.72 bits per heavy atom. The average Bonchev–Trinajstić information content (AvgIpc) is 2.70. The molecule has 0 amide bonds. The number of halogens is 1. The average molecular weight is 332 g/mol. The predicted molar refractivity (Wildman–Crippen MR) is 69.8 cm³/mol. The molecule has 2 rings (SSSR count). The van der Waals surface area contributed by atoms with Crippen LogP contribution in [-0.2, 0) is 17.1 Å². The molecular weight excluding hydrogens is 322 g/mol. The number of aromatic hydroxyl groups is 1. The van der Waals surface area contributed by atoms with E-state index in [1.54, 1.807) is 13.1 Å². The van der Waals surface area contributed by atoms with Gasteiger partial charge in [-0.3, -0.25) is 4.72 Å². The van der Waals surface area contributed by atoms with Gasteiger partial charge in [0, 0.05) is 17.7 Å². The van der Waals surface area contributed by atoms with Crippen LogP contribution in [0.3, 0.4) is 0 Å². The lowest BCUT2D eigenvalue weighted by Crippen LogP contribution is -2.13. The van der Waals surface area contributed by atoms with Crippen LogP contribution in [0.15, 0.2) is 40.2 Å². The number of phenolic OH excluding ortho intramolecular Hbond substituents is 1. The first-order valence-electron chi connectivity index (χ1n) is 4.88. The molecule has 18 heavy (non-hydrogen) atoms. The molecular formula is C10H10BrN3O3S. The minimum atomic E-state index is -3.79. The van der Waals surface area contributed by atoms with E-state index in [1.165, 1.54) is 29.2 Å². The van der Waals surface area contributed by atoms with E-state index in [2.05, 4.69) is 25.6 Å². The Morgan fingerprint density at radius 2 is 2.17 bits per heavy atom. The monoisotopic (exact) mass is 331 g/mol. The molecule has 0 fully saturated rings. The van der Waals surface area contributed by atoms with E-state index in [0.717, 1.165) is 0 Å². The lowest BCUT2D eigenvalue weighted by atomic mass is 10.3. The lowest BCUT2D eigenvalue weighted by molar-refractivity contribution is 0.477. The van der Waals surface area contributed by atoms with Crippen LogP contribution in [0.1, 0.15) is 0 Å². The number of sulfonamides is 1. The van der Waals surface area contributed by atoms with Crippen molar-refractivity contribution in [2.75, 3.05) is 4.72 Å². The summed E-state index contributed by atoms with van der Waals surface area (Å²) in [6.07, 6.45) is 2.76. The summed E-state index contributed by atoms with van der Waals surface area (Å²) in [6, 6.07) is 4.48. The standard InChI is InChI=1S/C10H10BrN3O3S/c1-14-5-10(12-6-14)18(16,17)13-8-3-2-7(11)4-9(8)15/h2-6,13,15H,1H3. The van der Waals surface area contributed by atoms with Crippen molar-refractivity contribution in [1.82, 2.24) is 9.55 Å². The molecule has 2 N–H and O–H groups in total. The first-order valence-corrected chi connectivity index (χ1v) is 7.15. The fourth-order valence-electron chi connectivity index (χ4n) is 1.32. The van der Waals surface area contributed by atoms with Crippen LogP contribution in [0, 0.1) is 0 Å². The third-order valence-corrected chi connectivity index (χ3v) is 3.90. The van der Waals surface area contributed by atoms with Crippen molar-refractivity contribution in [1.29, 1.82) is 0 Å². The van der Waals surface area contributed by atoms with Crippen molar-refractivity contribution >= 4 is 31.6 Å². The second-order valence-corrected chi connectivity index (χ2v) is 6.19. The molecule has 0 spiro atoms. The molecule has 8 heteroatoms. The number of hydrogen-bond donors (Lipinski definition) is 2. The van der Waals surface area contributed by atoms with Gasteiger partial charge in [-0.1, -0.05) is 15.9 Å². The normalized spacial score (nSPS) is 11.4. The zero-order valence-corrected chi connectivity index (χ0v) is 11.7. The molecule has 0 bridgehead atoms. The van der Waals surface area contributed by atoms with Gasteiger partial charge in [-0.25, -0.2) is 4.98 Å². The molecule has 2 aromatic rings. The van der Waals surface area contributed by atoms with E-state index in [1.807, 2.05) is 0 Å². The highest BCUT2D eigenvalue weighted by Gasteiger charge is 2.18. The van der Waals surface area contributed by atoms with Crippen LogP contribution >= 0.6 is 15.9 Å². The first-order chi connectivity index (χ1) is 8.38. The Kier molecular flexibility index (Phi) is 3.31. The molecule has 0 unspecified atom stereocenters. The maximum absolute atomic E-state index is 11.9. The summed E-state index contributed by atoms with van der Waals surface area (Å²) < 4.78 is 28.3. The van der Waals surface area contributed by atoms with Gasteiger partial charge in [-0.2, -0.15) is 8.42 Å². The molecule has 0 aliphatic heterocycles. The fourth-order valence-corrected chi connectivity index (χ4v) is 2.72. The number of nitrogens with zero attached hydrogens (tertiary/aromatic N) is 2. The van der Waals surface area contributed by atoms with Crippen molar-refractivity contribution in [3.63, 3.8) is 0 Å². The number of phenols is 1. The highest BCUT2D eigenvalue weighted by molar-refractivity contribution is 9.10. The highest BCUT2D eigenvalue weighted by Crippen LogP contribution is 2.28. The number of benzene rings is 1. The predicted octanol–water partition coefficient (Wildman–Crippen LogP) is 1.69. The second kappa shape index (κ2) is 4.62. The van der Waals surface area contributed by atoms with Gasteiger partial charge in [0.15, 0.2) is 5.03 Å². The number of imidazole rings is 1. The van der Waals surface area contributed by atoms with E-state index in [0.29, 0.717) is 4.47 Å². The molecule has 0 saturated heterocycles. The number of nitrogens with one attached hydrogen (secondary N) is 1. The van der Waals surface area contributed by atoms with Gasteiger partial charge >= 0.3 is 0 Å². The number of hydrogen-bond acceptors (Lipinski definition) is 4. The van der Waals surface area contributed by atoms with Crippen LogP contribution in [0.5, 0.6) is 5.75 Å². The van der Waals surface area contributed by atoms with Gasteiger partial charge in [0.05, 0.1) is 12.0 Å². The third kappa shape index (κ3) is 2.65. The van der Waals surface area contributed by atoms with Gasteiger partial charge < -0.3 is 9.67 Å². The highest BCUT2D eigenvalue weighted by atomic mass is 79.9. The summed E-state index contributed by atoms with van der Waals surface area (Å²) in [6.45, 7) is 0. The van der Waals surface area contributed by atoms with E-state index < -0.39 is 10.0 Å². The Hall–Kier alpha value is -1.54. The maximum atomic E-state index is 11.9. The lowest BCUT2D eigenvalue weighted by Gasteiger charge is -2.07. The largest absolute Gasteiger partial charge is 0.506 e. The number of anilines is 1. The maximum Gasteiger partial charge on any atom is 0.281 e. The molecule has 0 radical (unpaired) electrons. The van der Waals surface area contributed by atoms with Crippen LogP contribution in [0.4, 0.5) is 5.69 Å². The minimum Gasteiger partial charge on any atom is -0.506 e. The molecule has 1 aromatic carbocycles. The molecule has 96 valence electrons. The van der Waals surface area contributed by atoms with Gasteiger partial charge in [-0.05, 0) is 18.2 Å². The van der Waals surface area contributed by atoms with Crippen LogP contribution < -0.4 is 4.72 Å².